The van der Waals surface area contributed by atoms with Crippen molar-refractivity contribution in [3.8, 4) is 0 Å². The van der Waals surface area contributed by atoms with E-state index in [0.717, 1.165) is 11.1 Å². The third-order valence-electron chi connectivity index (χ3n) is 3.19. The van der Waals surface area contributed by atoms with E-state index in [0.29, 0.717) is 6.42 Å². The summed E-state index contributed by atoms with van der Waals surface area (Å²) in [5, 5.41) is -0.366. The van der Waals surface area contributed by atoms with E-state index in [9.17, 15) is 8.42 Å². The summed E-state index contributed by atoms with van der Waals surface area (Å²) in [6.07, 6.45) is 0.565. The normalized spacial score (nSPS) is 13.1. The van der Waals surface area contributed by atoms with E-state index in [1.54, 1.807) is 6.92 Å². The van der Waals surface area contributed by atoms with E-state index < -0.39 is 9.84 Å². The van der Waals surface area contributed by atoms with Gasteiger partial charge in [0.1, 0.15) is 0 Å². The molecule has 0 radical (unpaired) electrons. The third kappa shape index (κ3) is 3.93. The van der Waals surface area contributed by atoms with Gasteiger partial charge in [-0.25, -0.2) is 8.42 Å². The highest BCUT2D eigenvalue weighted by Crippen LogP contribution is 2.15. The maximum absolute atomic E-state index is 12.3. The van der Waals surface area contributed by atoms with Gasteiger partial charge in [0.05, 0.1) is 11.0 Å². The van der Waals surface area contributed by atoms with Crippen molar-refractivity contribution in [2.24, 2.45) is 0 Å². The minimum absolute atomic E-state index is 0.113. The largest absolute Gasteiger partial charge is 0.228 e. The third-order valence-corrected chi connectivity index (χ3v) is 5.32. The summed E-state index contributed by atoms with van der Waals surface area (Å²) in [4.78, 5) is 0. The van der Waals surface area contributed by atoms with Crippen molar-refractivity contribution in [2.45, 2.75) is 24.3 Å². The summed E-state index contributed by atoms with van der Waals surface area (Å²) in [6, 6.07) is 19.1. The van der Waals surface area contributed by atoms with Gasteiger partial charge in [0.2, 0.25) is 0 Å². The zero-order valence-electron chi connectivity index (χ0n) is 11.0. The zero-order chi connectivity index (χ0) is 13.7. The van der Waals surface area contributed by atoms with Gasteiger partial charge in [0, 0.05) is 0 Å². The van der Waals surface area contributed by atoms with E-state index in [2.05, 4.69) is 0 Å². The summed E-state index contributed by atoms with van der Waals surface area (Å²) in [6.45, 7) is 1.78. The summed E-state index contributed by atoms with van der Waals surface area (Å²) >= 11 is 0. The minimum Gasteiger partial charge on any atom is -0.228 e. The Hall–Kier alpha value is -1.61. The van der Waals surface area contributed by atoms with E-state index in [4.69, 9.17) is 0 Å². The molecule has 0 fully saturated rings. The van der Waals surface area contributed by atoms with Crippen LogP contribution in [0.4, 0.5) is 0 Å². The van der Waals surface area contributed by atoms with Crippen molar-refractivity contribution in [1.82, 2.24) is 0 Å². The molecule has 2 rings (SSSR count). The first-order valence-corrected chi connectivity index (χ1v) is 8.09. The van der Waals surface area contributed by atoms with Gasteiger partial charge in [-0.05, 0) is 24.5 Å². The van der Waals surface area contributed by atoms with E-state index in [1.807, 2.05) is 60.7 Å². The Kier molecular flexibility index (Phi) is 4.38. The van der Waals surface area contributed by atoms with Crippen molar-refractivity contribution < 1.29 is 8.42 Å². The molecular formula is C16H18O2S. The van der Waals surface area contributed by atoms with Crippen LogP contribution in [0.25, 0.3) is 0 Å². The minimum atomic E-state index is -3.11. The van der Waals surface area contributed by atoms with Crippen LogP contribution in [0, 0.1) is 0 Å². The van der Waals surface area contributed by atoms with Gasteiger partial charge in [-0.15, -0.1) is 0 Å². The van der Waals surface area contributed by atoms with Gasteiger partial charge in [-0.2, -0.15) is 0 Å². The van der Waals surface area contributed by atoms with Gasteiger partial charge in [-0.3, -0.25) is 0 Å². The topological polar surface area (TPSA) is 34.1 Å². The first kappa shape index (κ1) is 13.8. The summed E-state index contributed by atoms with van der Waals surface area (Å²) in [5.41, 5.74) is 1.91. The average Bonchev–Trinajstić information content (AvgIpc) is 2.40. The highest BCUT2D eigenvalue weighted by atomic mass is 32.2. The van der Waals surface area contributed by atoms with Gasteiger partial charge in [-0.1, -0.05) is 60.7 Å². The predicted molar refractivity (Wildman–Crippen MR) is 78.7 cm³/mol. The average molecular weight is 274 g/mol. The fraction of sp³-hybridized carbons (Fsp3) is 0.250. The standard InChI is InChI=1S/C16H18O2S/c1-14(12-15-8-4-2-5-9-15)19(17,18)13-16-10-6-3-7-11-16/h2-11,14H,12-13H2,1H3. The molecule has 19 heavy (non-hydrogen) atoms. The Balaban J connectivity index is 2.07. The lowest BCUT2D eigenvalue weighted by Gasteiger charge is -2.13. The van der Waals surface area contributed by atoms with Crippen molar-refractivity contribution in [2.75, 3.05) is 0 Å². The van der Waals surface area contributed by atoms with Crippen LogP contribution in [0.1, 0.15) is 18.1 Å². The Morgan fingerprint density at radius 1 is 0.842 bits per heavy atom. The van der Waals surface area contributed by atoms with E-state index >= 15 is 0 Å². The van der Waals surface area contributed by atoms with Gasteiger partial charge in [0.25, 0.3) is 0 Å². The molecule has 0 saturated carbocycles. The van der Waals surface area contributed by atoms with Crippen LogP contribution in [-0.4, -0.2) is 13.7 Å². The Bertz CT molecular complexity index is 604. The monoisotopic (exact) mass is 274 g/mol. The maximum Gasteiger partial charge on any atom is 0.157 e. The number of rotatable bonds is 5. The fourth-order valence-corrected chi connectivity index (χ4v) is 3.41. The quantitative estimate of drug-likeness (QED) is 0.839. The molecule has 0 aliphatic rings. The summed E-state index contributed by atoms with van der Waals surface area (Å²) < 4.78 is 24.6. The molecule has 0 spiro atoms. The molecule has 3 heteroatoms. The highest BCUT2D eigenvalue weighted by molar-refractivity contribution is 7.91. The van der Waals surface area contributed by atoms with Crippen molar-refractivity contribution >= 4 is 9.84 Å². The molecular weight excluding hydrogens is 256 g/mol. The van der Waals surface area contributed by atoms with Gasteiger partial charge >= 0.3 is 0 Å². The Labute approximate surface area is 115 Å². The second kappa shape index (κ2) is 6.02. The molecule has 0 amide bonds. The van der Waals surface area contributed by atoms with Gasteiger partial charge < -0.3 is 0 Å². The van der Waals surface area contributed by atoms with Crippen LogP contribution in [0.3, 0.4) is 0 Å². The van der Waals surface area contributed by atoms with Crippen molar-refractivity contribution in [3.05, 3.63) is 71.8 Å². The lowest BCUT2D eigenvalue weighted by Crippen LogP contribution is -2.22. The Morgan fingerprint density at radius 2 is 1.32 bits per heavy atom. The molecule has 2 aromatic rings. The number of benzene rings is 2. The smallest absolute Gasteiger partial charge is 0.157 e. The molecule has 1 atom stereocenters. The van der Waals surface area contributed by atoms with Crippen molar-refractivity contribution in [1.29, 1.82) is 0 Å². The second-order valence-corrected chi connectivity index (χ2v) is 7.21. The summed E-state index contributed by atoms with van der Waals surface area (Å²) in [5.74, 6) is 0.113. The van der Waals surface area contributed by atoms with Crippen LogP contribution < -0.4 is 0 Å². The molecule has 0 aliphatic carbocycles. The molecule has 0 N–H and O–H groups in total. The SMILES string of the molecule is CC(Cc1ccccc1)S(=O)(=O)Cc1ccccc1. The van der Waals surface area contributed by atoms with E-state index in [1.165, 1.54) is 0 Å². The van der Waals surface area contributed by atoms with Crippen LogP contribution >= 0.6 is 0 Å². The first-order valence-electron chi connectivity index (χ1n) is 6.37. The number of hydrogen-bond donors (Lipinski definition) is 0. The molecule has 0 aromatic heterocycles. The molecule has 2 nitrogen and oxygen atoms in total. The molecule has 0 bridgehead atoms. The number of hydrogen-bond acceptors (Lipinski definition) is 2. The number of sulfone groups is 1. The Morgan fingerprint density at radius 3 is 1.84 bits per heavy atom. The lowest BCUT2D eigenvalue weighted by atomic mass is 10.1. The molecule has 2 aromatic carbocycles. The molecule has 0 heterocycles. The predicted octanol–water partition coefficient (Wildman–Crippen LogP) is 3.23. The molecule has 0 saturated heterocycles. The molecule has 100 valence electrons. The highest BCUT2D eigenvalue weighted by Gasteiger charge is 2.21. The van der Waals surface area contributed by atoms with Crippen LogP contribution in [0.15, 0.2) is 60.7 Å². The fourth-order valence-electron chi connectivity index (χ4n) is 2.02. The maximum atomic E-state index is 12.3. The molecule has 0 aliphatic heterocycles. The van der Waals surface area contributed by atoms with Crippen LogP contribution in [0.5, 0.6) is 0 Å². The lowest BCUT2D eigenvalue weighted by molar-refractivity contribution is 0.581. The van der Waals surface area contributed by atoms with E-state index in [-0.39, 0.29) is 11.0 Å². The van der Waals surface area contributed by atoms with Crippen LogP contribution in [0.2, 0.25) is 0 Å². The van der Waals surface area contributed by atoms with Crippen LogP contribution in [-0.2, 0) is 22.0 Å². The zero-order valence-corrected chi connectivity index (χ0v) is 11.8. The van der Waals surface area contributed by atoms with Crippen molar-refractivity contribution in [3.63, 3.8) is 0 Å². The van der Waals surface area contributed by atoms with Gasteiger partial charge in [0.15, 0.2) is 9.84 Å². The molecule has 1 unspecified atom stereocenters. The first-order chi connectivity index (χ1) is 9.08. The second-order valence-electron chi connectivity index (χ2n) is 4.79. The summed E-state index contributed by atoms with van der Waals surface area (Å²) in [7, 11) is -3.11.